The molecule has 0 unspecified atom stereocenters. The average molecular weight is 344 g/mol. The van der Waals surface area contributed by atoms with Crippen molar-refractivity contribution in [3.8, 4) is 0 Å². The van der Waals surface area contributed by atoms with Crippen LogP contribution in [0.4, 0.5) is 0 Å². The van der Waals surface area contributed by atoms with Crippen LogP contribution < -0.4 is 0 Å². The van der Waals surface area contributed by atoms with Gasteiger partial charge in [-0.05, 0) is 35.4 Å². The molecule has 0 radical (unpaired) electrons. The van der Waals surface area contributed by atoms with Crippen molar-refractivity contribution in [2.24, 2.45) is 0 Å². The molecule has 5 rings (SSSR count). The van der Waals surface area contributed by atoms with Crippen LogP contribution in [-0.4, -0.2) is 35.5 Å². The van der Waals surface area contributed by atoms with Crippen LogP contribution in [0.3, 0.4) is 0 Å². The van der Waals surface area contributed by atoms with Crippen molar-refractivity contribution in [3.05, 3.63) is 77.6 Å². The zero-order chi connectivity index (χ0) is 17.6. The van der Waals surface area contributed by atoms with Crippen LogP contribution >= 0.6 is 0 Å². The van der Waals surface area contributed by atoms with Gasteiger partial charge in [0.25, 0.3) is 5.91 Å². The Morgan fingerprint density at radius 2 is 1.92 bits per heavy atom. The summed E-state index contributed by atoms with van der Waals surface area (Å²) in [6.07, 6.45) is 3.65. The molecular weight excluding hydrogens is 324 g/mol. The van der Waals surface area contributed by atoms with Gasteiger partial charge in [-0.2, -0.15) is 0 Å². The normalized spacial score (nSPS) is 21.9. The summed E-state index contributed by atoms with van der Waals surface area (Å²) in [6, 6.07) is 18.3. The molecule has 0 N–H and O–H groups in total. The Morgan fingerprint density at radius 1 is 1.08 bits per heavy atom. The monoisotopic (exact) mass is 344 g/mol. The van der Waals surface area contributed by atoms with E-state index in [1.807, 2.05) is 35.2 Å². The Kier molecular flexibility index (Phi) is 3.54. The van der Waals surface area contributed by atoms with Crippen LogP contribution in [0.15, 0.2) is 60.8 Å². The summed E-state index contributed by atoms with van der Waals surface area (Å²) < 4.78 is 6.24. The van der Waals surface area contributed by atoms with Gasteiger partial charge < -0.3 is 9.64 Å². The Hall–Kier alpha value is -2.72. The lowest BCUT2D eigenvalue weighted by molar-refractivity contribution is -0.104. The van der Waals surface area contributed by atoms with Crippen molar-refractivity contribution >= 4 is 16.7 Å². The number of aryl methyl sites for hydroxylation is 1. The number of rotatable bonds is 1. The summed E-state index contributed by atoms with van der Waals surface area (Å²) in [5, 5.41) is 1.95. The van der Waals surface area contributed by atoms with Gasteiger partial charge in [0.1, 0.15) is 11.3 Å². The van der Waals surface area contributed by atoms with E-state index < -0.39 is 0 Å². The van der Waals surface area contributed by atoms with Crippen molar-refractivity contribution in [2.45, 2.75) is 18.4 Å². The van der Waals surface area contributed by atoms with Gasteiger partial charge in [0.15, 0.2) is 0 Å². The van der Waals surface area contributed by atoms with Gasteiger partial charge >= 0.3 is 0 Å². The fraction of sp³-hybridized carbons (Fsp3) is 0.273. The Morgan fingerprint density at radius 3 is 2.88 bits per heavy atom. The number of fused-ring (bicyclic) bond motifs is 3. The molecule has 1 aromatic heterocycles. The largest absolute Gasteiger partial charge is 0.367 e. The van der Waals surface area contributed by atoms with Crippen LogP contribution in [0.25, 0.3) is 10.8 Å². The highest BCUT2D eigenvalue weighted by molar-refractivity contribution is 6.05. The molecule has 1 aliphatic carbocycles. The van der Waals surface area contributed by atoms with Crippen molar-refractivity contribution in [3.63, 3.8) is 0 Å². The predicted molar refractivity (Wildman–Crippen MR) is 100 cm³/mol. The molecular formula is C22H20N2O2. The van der Waals surface area contributed by atoms with E-state index in [1.54, 1.807) is 6.20 Å². The van der Waals surface area contributed by atoms with E-state index in [4.69, 9.17) is 4.74 Å². The molecule has 4 heteroatoms. The van der Waals surface area contributed by atoms with Crippen LogP contribution in [0.2, 0.25) is 0 Å². The summed E-state index contributed by atoms with van der Waals surface area (Å²) >= 11 is 0. The first-order valence-electron chi connectivity index (χ1n) is 9.12. The summed E-state index contributed by atoms with van der Waals surface area (Å²) in [5.41, 5.74) is 2.75. The molecule has 2 heterocycles. The molecule has 2 aromatic carbocycles. The second-order valence-electron chi connectivity index (χ2n) is 7.11. The van der Waals surface area contributed by atoms with E-state index in [1.165, 1.54) is 11.1 Å². The van der Waals surface area contributed by atoms with E-state index >= 15 is 0 Å². The fourth-order valence-corrected chi connectivity index (χ4v) is 4.37. The lowest BCUT2D eigenvalue weighted by atomic mass is 9.93. The summed E-state index contributed by atoms with van der Waals surface area (Å²) in [7, 11) is 0. The first-order valence-corrected chi connectivity index (χ1v) is 9.12. The van der Waals surface area contributed by atoms with Crippen molar-refractivity contribution in [1.29, 1.82) is 0 Å². The summed E-state index contributed by atoms with van der Waals surface area (Å²) in [4.78, 5) is 19.6. The Bertz CT molecular complexity index is 991. The maximum absolute atomic E-state index is 13.3. The topological polar surface area (TPSA) is 42.4 Å². The third-order valence-corrected chi connectivity index (χ3v) is 5.66. The number of aromatic nitrogens is 1. The molecule has 1 spiro atoms. The molecule has 1 atom stereocenters. The number of hydrogen-bond donors (Lipinski definition) is 0. The number of hydrogen-bond acceptors (Lipinski definition) is 3. The van der Waals surface area contributed by atoms with Gasteiger partial charge in [-0.15, -0.1) is 0 Å². The lowest BCUT2D eigenvalue weighted by Gasteiger charge is -2.41. The van der Waals surface area contributed by atoms with Gasteiger partial charge in [-0.25, -0.2) is 0 Å². The van der Waals surface area contributed by atoms with Crippen molar-refractivity contribution < 1.29 is 9.53 Å². The molecule has 1 fully saturated rings. The molecule has 1 aliphatic heterocycles. The first kappa shape index (κ1) is 15.5. The Balaban J connectivity index is 1.50. The lowest BCUT2D eigenvalue weighted by Crippen LogP contribution is -2.51. The highest BCUT2D eigenvalue weighted by Crippen LogP contribution is 2.42. The number of nitrogens with zero attached hydrogens (tertiary/aromatic N) is 2. The minimum atomic E-state index is -0.366. The van der Waals surface area contributed by atoms with E-state index in [9.17, 15) is 4.79 Å². The number of pyridine rings is 1. The average Bonchev–Trinajstić information content (AvgIpc) is 3.05. The first-order chi connectivity index (χ1) is 12.8. The molecule has 26 heavy (non-hydrogen) atoms. The van der Waals surface area contributed by atoms with Gasteiger partial charge in [-0.1, -0.05) is 48.5 Å². The number of morpholine rings is 1. The highest BCUT2D eigenvalue weighted by Gasteiger charge is 2.44. The standard InChI is InChI=1S/C22H20N2O2/c25-21(20-18-7-3-1-5-16(18)10-12-23-20)24-13-14-26-22(15-24)11-9-17-6-2-4-8-19(17)22/h1-8,10,12H,9,11,13-15H2/t22-/m1/s1. The summed E-state index contributed by atoms with van der Waals surface area (Å²) in [6.45, 7) is 1.76. The molecule has 4 nitrogen and oxygen atoms in total. The molecule has 2 aliphatic rings. The van der Waals surface area contributed by atoms with Gasteiger partial charge in [-0.3, -0.25) is 9.78 Å². The van der Waals surface area contributed by atoms with Gasteiger partial charge in [0.05, 0.1) is 13.2 Å². The molecule has 3 aromatic rings. The Labute approximate surface area is 152 Å². The number of amides is 1. The molecule has 0 bridgehead atoms. The summed E-state index contributed by atoms with van der Waals surface area (Å²) in [5.74, 6) is -0.00569. The SMILES string of the molecule is O=C(c1nccc2ccccc12)N1CCO[C@]2(CCc3ccccc32)C1. The second-order valence-corrected chi connectivity index (χ2v) is 7.11. The highest BCUT2D eigenvalue weighted by atomic mass is 16.5. The minimum absolute atomic E-state index is 0.00569. The molecule has 0 saturated carbocycles. The zero-order valence-electron chi connectivity index (χ0n) is 14.5. The van der Waals surface area contributed by atoms with Crippen LogP contribution in [0.5, 0.6) is 0 Å². The van der Waals surface area contributed by atoms with E-state index in [-0.39, 0.29) is 11.5 Å². The van der Waals surface area contributed by atoms with Crippen molar-refractivity contribution in [1.82, 2.24) is 9.88 Å². The maximum Gasteiger partial charge on any atom is 0.273 e. The third kappa shape index (κ3) is 2.33. The molecule has 130 valence electrons. The van der Waals surface area contributed by atoms with Gasteiger partial charge in [0, 0.05) is 18.1 Å². The van der Waals surface area contributed by atoms with E-state index in [2.05, 4.69) is 29.2 Å². The minimum Gasteiger partial charge on any atom is -0.367 e. The van der Waals surface area contributed by atoms with E-state index in [0.717, 1.165) is 23.6 Å². The number of carbonyl (C=O) groups excluding carboxylic acids is 1. The third-order valence-electron chi connectivity index (χ3n) is 5.66. The quantitative estimate of drug-likeness (QED) is 0.678. The second kappa shape index (κ2) is 5.92. The van der Waals surface area contributed by atoms with Crippen LogP contribution in [0, 0.1) is 0 Å². The predicted octanol–water partition coefficient (Wildman–Crippen LogP) is 3.55. The fourth-order valence-electron chi connectivity index (χ4n) is 4.37. The van der Waals surface area contributed by atoms with Crippen LogP contribution in [0.1, 0.15) is 28.0 Å². The number of benzene rings is 2. The zero-order valence-corrected chi connectivity index (χ0v) is 14.5. The van der Waals surface area contributed by atoms with Crippen LogP contribution in [-0.2, 0) is 16.8 Å². The van der Waals surface area contributed by atoms with Gasteiger partial charge in [0.2, 0.25) is 0 Å². The number of ether oxygens (including phenoxy) is 1. The smallest absolute Gasteiger partial charge is 0.273 e. The molecule has 1 amide bonds. The van der Waals surface area contributed by atoms with E-state index in [0.29, 0.717) is 25.4 Å². The molecule has 1 saturated heterocycles. The van der Waals surface area contributed by atoms with Crippen molar-refractivity contribution in [2.75, 3.05) is 19.7 Å². The number of carbonyl (C=O) groups is 1. The maximum atomic E-state index is 13.3.